The number of hydrogen-bond acceptors (Lipinski definition) is 5. The van der Waals surface area contributed by atoms with E-state index in [1.807, 2.05) is 27.0 Å². The van der Waals surface area contributed by atoms with Gasteiger partial charge in [0.25, 0.3) is 0 Å². The molecule has 5 fully saturated rings. The fraction of sp³-hybridized carbons (Fsp3) is 0.769. The molecule has 0 radical (unpaired) electrons. The standard InChI is InChI=1S/C26H35NO4/c1-23(2,29)18-13-24-8-9-26(18,30-3)22-25(24)10-11-27(14-15-4-5-15)19(24)12-16-6-7-17(28)21(31-22)20(16)25/h6-7,15,18-19,22,28-29H,4-5,8-14H2,1-3H3/t18?,19?,22?,24-,25+,26-/m1/s1. The van der Waals surface area contributed by atoms with Crippen molar-refractivity contribution in [3.05, 3.63) is 23.3 Å². The summed E-state index contributed by atoms with van der Waals surface area (Å²) in [5.74, 6) is 1.86. The molecule has 2 heterocycles. The Morgan fingerprint density at radius 3 is 2.74 bits per heavy atom. The van der Waals surface area contributed by atoms with Crippen LogP contribution in [-0.2, 0) is 16.6 Å². The zero-order valence-corrected chi connectivity index (χ0v) is 19.0. The fourth-order valence-electron chi connectivity index (χ4n) is 9.23. The Morgan fingerprint density at radius 1 is 1.23 bits per heavy atom. The normalized spacial score (nSPS) is 44.8. The third-order valence-electron chi connectivity index (χ3n) is 10.5. The second kappa shape index (κ2) is 5.60. The Kier molecular flexibility index (Phi) is 3.47. The summed E-state index contributed by atoms with van der Waals surface area (Å²) in [6.45, 7) is 6.23. The molecular formula is C26H35NO4. The van der Waals surface area contributed by atoms with Crippen molar-refractivity contribution in [1.29, 1.82) is 0 Å². The quantitative estimate of drug-likeness (QED) is 0.774. The number of benzene rings is 1. The van der Waals surface area contributed by atoms with Crippen LogP contribution in [-0.4, -0.2) is 58.7 Å². The Labute approximate surface area is 184 Å². The summed E-state index contributed by atoms with van der Waals surface area (Å²) in [4.78, 5) is 2.81. The zero-order chi connectivity index (χ0) is 21.4. The molecule has 31 heavy (non-hydrogen) atoms. The van der Waals surface area contributed by atoms with Crippen LogP contribution in [0.1, 0.15) is 63.5 Å². The zero-order valence-electron chi connectivity index (χ0n) is 19.0. The van der Waals surface area contributed by atoms with E-state index in [0.29, 0.717) is 11.8 Å². The minimum atomic E-state index is -0.846. The van der Waals surface area contributed by atoms with E-state index in [1.165, 1.54) is 30.5 Å². The van der Waals surface area contributed by atoms with Gasteiger partial charge in [-0.05, 0) is 82.9 Å². The molecule has 168 valence electrons. The van der Waals surface area contributed by atoms with Crippen LogP contribution in [0.4, 0.5) is 0 Å². The summed E-state index contributed by atoms with van der Waals surface area (Å²) in [7, 11) is 1.81. The lowest BCUT2D eigenvalue weighted by Gasteiger charge is -2.75. The van der Waals surface area contributed by atoms with E-state index in [1.54, 1.807) is 0 Å². The minimum Gasteiger partial charge on any atom is -0.504 e. The lowest BCUT2D eigenvalue weighted by molar-refractivity contribution is -0.300. The average molecular weight is 426 g/mol. The SMILES string of the molecule is CO[C@]12CC[C@@]3(CC1C(C)(C)O)C1Cc4ccc(O)c5c4[C@@]3(CCN1CC1CC1)C2O5. The molecule has 0 aromatic heterocycles. The largest absolute Gasteiger partial charge is 0.504 e. The molecular weight excluding hydrogens is 390 g/mol. The molecule has 1 aromatic rings. The Bertz CT molecular complexity index is 967. The maximum Gasteiger partial charge on any atom is 0.165 e. The van der Waals surface area contributed by atoms with Gasteiger partial charge in [0.05, 0.1) is 5.60 Å². The van der Waals surface area contributed by atoms with Crippen LogP contribution in [0.25, 0.3) is 0 Å². The van der Waals surface area contributed by atoms with E-state index in [0.717, 1.165) is 44.6 Å². The van der Waals surface area contributed by atoms with Crippen molar-refractivity contribution >= 4 is 0 Å². The first kappa shape index (κ1) is 19.2. The van der Waals surface area contributed by atoms with Crippen LogP contribution in [0.15, 0.2) is 12.1 Å². The molecule has 2 aliphatic heterocycles. The monoisotopic (exact) mass is 425 g/mol. The average Bonchev–Trinajstić information content (AvgIpc) is 3.47. The van der Waals surface area contributed by atoms with Crippen molar-refractivity contribution in [2.75, 3.05) is 20.2 Å². The number of phenolic OH excluding ortho intramolecular Hbond substituents is 1. The van der Waals surface area contributed by atoms with Crippen molar-refractivity contribution < 1.29 is 19.7 Å². The summed E-state index contributed by atoms with van der Waals surface area (Å²) in [6.07, 6.45) is 7.72. The fourth-order valence-corrected chi connectivity index (χ4v) is 9.23. The first-order valence-electron chi connectivity index (χ1n) is 12.3. The van der Waals surface area contributed by atoms with Crippen LogP contribution in [0.2, 0.25) is 0 Å². The van der Waals surface area contributed by atoms with Gasteiger partial charge in [0.1, 0.15) is 11.7 Å². The smallest absolute Gasteiger partial charge is 0.165 e. The molecule has 8 rings (SSSR count). The molecule has 5 heteroatoms. The summed E-state index contributed by atoms with van der Waals surface area (Å²) in [6, 6.07) is 4.46. The number of aromatic hydroxyl groups is 1. The Morgan fingerprint density at radius 2 is 2.03 bits per heavy atom. The third kappa shape index (κ3) is 2.02. The molecule has 2 N–H and O–H groups in total. The van der Waals surface area contributed by atoms with Crippen LogP contribution in [0, 0.1) is 17.3 Å². The summed E-state index contributed by atoms with van der Waals surface area (Å²) < 4.78 is 13.2. The van der Waals surface area contributed by atoms with Gasteiger partial charge in [-0.25, -0.2) is 0 Å². The van der Waals surface area contributed by atoms with E-state index < -0.39 is 11.2 Å². The van der Waals surface area contributed by atoms with Crippen LogP contribution < -0.4 is 4.74 Å². The predicted octanol–water partition coefficient (Wildman–Crippen LogP) is 3.39. The second-order valence-electron chi connectivity index (χ2n) is 12.1. The van der Waals surface area contributed by atoms with E-state index in [2.05, 4.69) is 11.0 Å². The number of methoxy groups -OCH3 is 1. The van der Waals surface area contributed by atoms with E-state index in [-0.39, 0.29) is 28.6 Å². The molecule has 4 bridgehead atoms. The molecule has 6 atom stereocenters. The van der Waals surface area contributed by atoms with Gasteiger partial charge in [-0.1, -0.05) is 6.07 Å². The number of fused-ring (bicyclic) bond motifs is 2. The topological polar surface area (TPSA) is 62.2 Å². The molecule has 0 amide bonds. The Balaban J connectivity index is 1.49. The lowest BCUT2D eigenvalue weighted by Crippen LogP contribution is -2.82. The molecule has 5 aliphatic carbocycles. The van der Waals surface area contributed by atoms with Crippen LogP contribution in [0.5, 0.6) is 11.5 Å². The van der Waals surface area contributed by atoms with E-state index >= 15 is 0 Å². The van der Waals surface area contributed by atoms with Gasteiger partial charge in [0.2, 0.25) is 0 Å². The van der Waals surface area contributed by atoms with Crippen LogP contribution >= 0.6 is 0 Å². The molecule has 3 unspecified atom stereocenters. The van der Waals surface area contributed by atoms with Crippen molar-refractivity contribution in [3.63, 3.8) is 0 Å². The van der Waals surface area contributed by atoms with E-state index in [9.17, 15) is 10.2 Å². The Hall–Kier alpha value is -1.30. The maximum atomic E-state index is 11.4. The summed E-state index contributed by atoms with van der Waals surface area (Å²) >= 11 is 0. The van der Waals surface area contributed by atoms with Crippen molar-refractivity contribution in [2.24, 2.45) is 17.3 Å². The second-order valence-corrected chi connectivity index (χ2v) is 12.1. The molecule has 4 saturated carbocycles. The van der Waals surface area contributed by atoms with Crippen LogP contribution in [0.3, 0.4) is 0 Å². The molecule has 7 aliphatic rings. The maximum absolute atomic E-state index is 11.4. The number of likely N-dealkylation sites (tertiary alicyclic amines) is 1. The number of aliphatic hydroxyl groups is 1. The molecule has 2 spiro atoms. The first-order valence-corrected chi connectivity index (χ1v) is 12.3. The highest BCUT2D eigenvalue weighted by atomic mass is 16.6. The van der Waals surface area contributed by atoms with Gasteiger partial charge >= 0.3 is 0 Å². The van der Waals surface area contributed by atoms with Gasteiger partial charge < -0.3 is 19.7 Å². The summed E-state index contributed by atoms with van der Waals surface area (Å²) in [5, 5.41) is 22.2. The minimum absolute atomic E-state index is 0.0123. The highest BCUT2D eigenvalue weighted by Gasteiger charge is 2.81. The molecule has 5 nitrogen and oxygen atoms in total. The van der Waals surface area contributed by atoms with Gasteiger partial charge in [-0.15, -0.1) is 0 Å². The first-order chi connectivity index (χ1) is 14.8. The number of rotatable bonds is 4. The van der Waals surface area contributed by atoms with Gasteiger partial charge in [-0.2, -0.15) is 0 Å². The molecule has 1 aromatic carbocycles. The highest BCUT2D eigenvalue weighted by Crippen LogP contribution is 2.77. The van der Waals surface area contributed by atoms with Crippen molar-refractivity contribution in [3.8, 4) is 11.5 Å². The number of hydrogen-bond donors (Lipinski definition) is 2. The van der Waals surface area contributed by atoms with Crippen molar-refractivity contribution in [2.45, 2.75) is 87.6 Å². The third-order valence-corrected chi connectivity index (χ3v) is 10.5. The van der Waals surface area contributed by atoms with Gasteiger partial charge in [0, 0.05) is 42.0 Å². The lowest BCUT2D eigenvalue weighted by atomic mass is 9.34. The number of ether oxygens (including phenoxy) is 2. The summed E-state index contributed by atoms with van der Waals surface area (Å²) in [5.41, 5.74) is 1.24. The number of piperidine rings is 1. The number of nitrogens with zero attached hydrogens (tertiary/aromatic N) is 1. The van der Waals surface area contributed by atoms with Gasteiger partial charge in [0.15, 0.2) is 11.5 Å². The predicted molar refractivity (Wildman–Crippen MR) is 116 cm³/mol. The van der Waals surface area contributed by atoms with Crippen molar-refractivity contribution in [1.82, 2.24) is 4.90 Å². The van der Waals surface area contributed by atoms with Gasteiger partial charge in [-0.3, -0.25) is 4.90 Å². The highest BCUT2D eigenvalue weighted by molar-refractivity contribution is 5.63. The number of phenols is 1. The van der Waals surface area contributed by atoms with E-state index in [4.69, 9.17) is 9.47 Å². The molecule has 1 saturated heterocycles.